The minimum Gasteiger partial charge on any atom is -0.279 e. The van der Waals surface area contributed by atoms with Gasteiger partial charge in [0.2, 0.25) is 0 Å². The second kappa shape index (κ2) is 5.29. The van der Waals surface area contributed by atoms with Gasteiger partial charge >= 0.3 is 0 Å². The van der Waals surface area contributed by atoms with Crippen LogP contribution in [0.2, 0.25) is 0 Å². The SMILES string of the molecule is CCCN=C1C(=O)N(c2ccccc2)c2ccccc21. The fourth-order valence-electron chi connectivity index (χ4n) is 2.41. The van der Waals surface area contributed by atoms with Crippen LogP contribution >= 0.6 is 0 Å². The Bertz CT molecular complexity index is 662. The van der Waals surface area contributed by atoms with Gasteiger partial charge in [0.25, 0.3) is 5.91 Å². The molecule has 0 unspecified atom stereocenters. The van der Waals surface area contributed by atoms with Crippen LogP contribution in [0.4, 0.5) is 11.4 Å². The number of carbonyl (C=O) groups is 1. The number of carbonyl (C=O) groups excluding carboxylic acids is 1. The van der Waals surface area contributed by atoms with Gasteiger partial charge in [0.1, 0.15) is 5.71 Å². The summed E-state index contributed by atoms with van der Waals surface area (Å²) < 4.78 is 0. The molecule has 3 heteroatoms. The molecule has 0 N–H and O–H groups in total. The molecule has 2 aromatic rings. The van der Waals surface area contributed by atoms with Crippen LogP contribution in [-0.4, -0.2) is 18.2 Å². The monoisotopic (exact) mass is 264 g/mol. The molecule has 0 saturated heterocycles. The summed E-state index contributed by atoms with van der Waals surface area (Å²) in [5.74, 6) is -0.0362. The first kappa shape index (κ1) is 12.6. The van der Waals surface area contributed by atoms with Crippen molar-refractivity contribution in [2.24, 2.45) is 4.99 Å². The second-order valence-electron chi connectivity index (χ2n) is 4.72. The topological polar surface area (TPSA) is 32.7 Å². The molecule has 100 valence electrons. The predicted octanol–water partition coefficient (Wildman–Crippen LogP) is 3.56. The Kier molecular flexibility index (Phi) is 3.33. The molecule has 1 aliphatic rings. The van der Waals surface area contributed by atoms with E-state index in [0.29, 0.717) is 12.3 Å². The summed E-state index contributed by atoms with van der Waals surface area (Å²) in [5.41, 5.74) is 3.30. The molecule has 0 saturated carbocycles. The van der Waals surface area contributed by atoms with E-state index in [4.69, 9.17) is 0 Å². The van der Waals surface area contributed by atoms with Crippen molar-refractivity contribution in [3.05, 3.63) is 60.2 Å². The molecule has 0 aliphatic carbocycles. The molecule has 20 heavy (non-hydrogen) atoms. The molecule has 0 aromatic heterocycles. The van der Waals surface area contributed by atoms with E-state index in [1.165, 1.54) is 0 Å². The standard InChI is InChI=1S/C17H16N2O/c1-2-12-18-16-14-10-6-7-11-15(14)19(17(16)20)13-8-4-3-5-9-13/h3-11H,2,12H2,1H3. The molecule has 0 fully saturated rings. The van der Waals surface area contributed by atoms with Gasteiger partial charge in [-0.1, -0.05) is 43.3 Å². The Labute approximate surface area is 118 Å². The van der Waals surface area contributed by atoms with E-state index in [1.54, 1.807) is 4.90 Å². The normalized spacial score (nSPS) is 15.8. The van der Waals surface area contributed by atoms with Crippen LogP contribution in [0, 0.1) is 0 Å². The highest BCUT2D eigenvalue weighted by Crippen LogP contribution is 2.35. The number of rotatable bonds is 3. The van der Waals surface area contributed by atoms with Crippen LogP contribution in [0.25, 0.3) is 0 Å². The zero-order valence-corrected chi connectivity index (χ0v) is 11.4. The zero-order chi connectivity index (χ0) is 13.9. The van der Waals surface area contributed by atoms with Crippen LogP contribution in [0.5, 0.6) is 0 Å². The van der Waals surface area contributed by atoms with Crippen LogP contribution in [0.1, 0.15) is 18.9 Å². The van der Waals surface area contributed by atoms with Gasteiger partial charge in [0, 0.05) is 17.8 Å². The van der Waals surface area contributed by atoms with Crippen LogP contribution in [0.3, 0.4) is 0 Å². The predicted molar refractivity (Wildman–Crippen MR) is 81.7 cm³/mol. The maximum atomic E-state index is 12.7. The molecular formula is C17H16N2O. The second-order valence-corrected chi connectivity index (χ2v) is 4.72. The van der Waals surface area contributed by atoms with E-state index < -0.39 is 0 Å². The summed E-state index contributed by atoms with van der Waals surface area (Å²) in [4.78, 5) is 18.9. The average Bonchev–Trinajstić information content (AvgIpc) is 2.78. The number of hydrogen-bond acceptors (Lipinski definition) is 2. The van der Waals surface area contributed by atoms with Crippen molar-refractivity contribution in [1.82, 2.24) is 0 Å². The minimum atomic E-state index is -0.0362. The molecule has 0 bridgehead atoms. The number of benzene rings is 2. The van der Waals surface area contributed by atoms with E-state index in [-0.39, 0.29) is 5.91 Å². The number of fused-ring (bicyclic) bond motifs is 1. The van der Waals surface area contributed by atoms with Crippen molar-refractivity contribution in [1.29, 1.82) is 0 Å². The third-order valence-corrected chi connectivity index (χ3v) is 3.31. The van der Waals surface area contributed by atoms with E-state index in [0.717, 1.165) is 23.4 Å². The Balaban J connectivity index is 2.12. The number of nitrogens with zero attached hydrogens (tertiary/aromatic N) is 2. The molecule has 1 amide bonds. The molecule has 2 aromatic carbocycles. The van der Waals surface area contributed by atoms with Crippen molar-refractivity contribution in [3.63, 3.8) is 0 Å². The summed E-state index contributed by atoms with van der Waals surface area (Å²) in [5, 5.41) is 0. The quantitative estimate of drug-likeness (QED) is 0.834. The van der Waals surface area contributed by atoms with E-state index in [9.17, 15) is 4.79 Å². The third kappa shape index (κ3) is 2.01. The van der Waals surface area contributed by atoms with Crippen LogP contribution in [0.15, 0.2) is 59.6 Å². The molecule has 3 rings (SSSR count). The van der Waals surface area contributed by atoms with Crippen LogP contribution < -0.4 is 4.90 Å². The fourth-order valence-corrected chi connectivity index (χ4v) is 2.41. The van der Waals surface area contributed by atoms with Gasteiger partial charge < -0.3 is 0 Å². The summed E-state index contributed by atoms with van der Waals surface area (Å²) in [6.45, 7) is 2.74. The van der Waals surface area contributed by atoms with Gasteiger partial charge in [0.15, 0.2) is 0 Å². The Morgan fingerprint density at radius 3 is 2.45 bits per heavy atom. The first-order chi connectivity index (χ1) is 9.83. The highest BCUT2D eigenvalue weighted by Gasteiger charge is 2.34. The lowest BCUT2D eigenvalue weighted by Crippen LogP contribution is -2.25. The first-order valence-corrected chi connectivity index (χ1v) is 6.86. The number of amides is 1. The summed E-state index contributed by atoms with van der Waals surface area (Å²) in [7, 11) is 0. The van der Waals surface area contributed by atoms with Gasteiger partial charge in [0.05, 0.1) is 5.69 Å². The van der Waals surface area contributed by atoms with E-state index in [1.807, 2.05) is 54.6 Å². The maximum absolute atomic E-state index is 12.7. The van der Waals surface area contributed by atoms with Crippen molar-refractivity contribution < 1.29 is 4.79 Å². The summed E-state index contributed by atoms with van der Waals surface area (Å²) in [6, 6.07) is 17.5. The Morgan fingerprint density at radius 2 is 1.70 bits per heavy atom. The van der Waals surface area contributed by atoms with Crippen molar-refractivity contribution in [2.45, 2.75) is 13.3 Å². The van der Waals surface area contributed by atoms with E-state index >= 15 is 0 Å². The molecule has 3 nitrogen and oxygen atoms in total. The number of hydrogen-bond donors (Lipinski definition) is 0. The number of aliphatic imine (C=N–C) groups is 1. The lowest BCUT2D eigenvalue weighted by Gasteiger charge is -2.16. The van der Waals surface area contributed by atoms with Gasteiger partial charge in [-0.05, 0) is 24.6 Å². The lowest BCUT2D eigenvalue weighted by atomic mass is 10.1. The van der Waals surface area contributed by atoms with Gasteiger partial charge in [-0.25, -0.2) is 0 Å². The average molecular weight is 264 g/mol. The summed E-state index contributed by atoms with van der Waals surface area (Å²) >= 11 is 0. The minimum absolute atomic E-state index is 0.0362. The highest BCUT2D eigenvalue weighted by molar-refractivity contribution is 6.55. The van der Waals surface area contributed by atoms with Gasteiger partial charge in [-0.3, -0.25) is 14.7 Å². The number of para-hydroxylation sites is 2. The first-order valence-electron chi connectivity index (χ1n) is 6.86. The maximum Gasteiger partial charge on any atom is 0.281 e. The molecule has 0 spiro atoms. The molecular weight excluding hydrogens is 248 g/mol. The van der Waals surface area contributed by atoms with Crippen molar-refractivity contribution >= 4 is 23.0 Å². The van der Waals surface area contributed by atoms with Crippen LogP contribution in [-0.2, 0) is 4.79 Å². The fraction of sp³-hybridized carbons (Fsp3) is 0.176. The Hall–Kier alpha value is -2.42. The number of anilines is 2. The van der Waals surface area contributed by atoms with Crippen molar-refractivity contribution in [2.75, 3.05) is 11.4 Å². The van der Waals surface area contributed by atoms with Gasteiger partial charge in [-0.2, -0.15) is 0 Å². The van der Waals surface area contributed by atoms with Gasteiger partial charge in [-0.15, -0.1) is 0 Å². The third-order valence-electron chi connectivity index (χ3n) is 3.31. The lowest BCUT2D eigenvalue weighted by molar-refractivity contribution is -0.111. The molecule has 1 heterocycles. The Morgan fingerprint density at radius 1 is 1.00 bits per heavy atom. The smallest absolute Gasteiger partial charge is 0.279 e. The molecule has 1 aliphatic heterocycles. The molecule has 0 radical (unpaired) electrons. The van der Waals surface area contributed by atoms with E-state index in [2.05, 4.69) is 11.9 Å². The zero-order valence-electron chi connectivity index (χ0n) is 11.4. The van der Waals surface area contributed by atoms with Crippen molar-refractivity contribution in [3.8, 4) is 0 Å². The largest absolute Gasteiger partial charge is 0.281 e. The molecule has 0 atom stereocenters. The summed E-state index contributed by atoms with van der Waals surface area (Å²) in [6.07, 6.45) is 0.935. The highest BCUT2D eigenvalue weighted by atomic mass is 16.2.